The van der Waals surface area contributed by atoms with Gasteiger partial charge in [0.05, 0.1) is 5.69 Å². The average molecular weight is 369 g/mol. The number of carboxylic acids is 1. The van der Waals surface area contributed by atoms with Crippen LogP contribution in [-0.2, 0) is 23.2 Å². The lowest BCUT2D eigenvalue weighted by atomic mass is 9.95. The molecule has 1 aromatic heterocycles. The average Bonchev–Trinajstić information content (AvgIpc) is 2.64. The molecule has 0 unspecified atom stereocenters. The van der Waals surface area contributed by atoms with E-state index in [1.54, 1.807) is 29.2 Å². The summed E-state index contributed by atoms with van der Waals surface area (Å²) in [7, 11) is 0. The molecule has 1 N–H and O–H groups in total. The Balaban J connectivity index is 1.69. The number of carbonyl (C=O) groups excluding carboxylic acids is 1. The zero-order valence-electron chi connectivity index (χ0n) is 15.7. The fourth-order valence-corrected chi connectivity index (χ4v) is 2.87. The quantitative estimate of drug-likeness (QED) is 0.890. The molecule has 7 nitrogen and oxygen atoms in total. The molecule has 142 valence electrons. The molecule has 1 amide bonds. The highest BCUT2D eigenvalue weighted by molar-refractivity contribution is 5.94. The van der Waals surface area contributed by atoms with Crippen molar-refractivity contribution < 1.29 is 19.4 Å². The number of nitrogens with zero attached hydrogens (tertiary/aromatic N) is 3. The number of amides is 1. The molecule has 0 saturated heterocycles. The normalized spacial score (nSPS) is 13.8. The van der Waals surface area contributed by atoms with Crippen LogP contribution in [0.1, 0.15) is 48.2 Å². The Labute approximate surface area is 158 Å². The van der Waals surface area contributed by atoms with Crippen molar-refractivity contribution in [2.24, 2.45) is 0 Å². The number of hydrogen-bond donors (Lipinski definition) is 1. The van der Waals surface area contributed by atoms with E-state index in [9.17, 15) is 9.59 Å². The minimum absolute atomic E-state index is 0.0784. The van der Waals surface area contributed by atoms with Crippen LogP contribution in [0.2, 0.25) is 0 Å². The van der Waals surface area contributed by atoms with E-state index in [1.807, 2.05) is 6.20 Å². The van der Waals surface area contributed by atoms with E-state index in [1.165, 1.54) is 0 Å². The van der Waals surface area contributed by atoms with Crippen molar-refractivity contribution >= 4 is 11.9 Å². The van der Waals surface area contributed by atoms with Crippen LogP contribution in [0.3, 0.4) is 0 Å². The van der Waals surface area contributed by atoms with Crippen molar-refractivity contribution in [3.8, 4) is 5.75 Å². The summed E-state index contributed by atoms with van der Waals surface area (Å²) in [5.41, 5.74) is 2.42. The third-order valence-electron chi connectivity index (χ3n) is 4.36. The number of hydrogen-bond acceptors (Lipinski definition) is 5. The second-order valence-electron chi connectivity index (χ2n) is 7.60. The minimum atomic E-state index is -1.04. The molecule has 3 rings (SSSR count). The zero-order valence-corrected chi connectivity index (χ0v) is 15.7. The van der Waals surface area contributed by atoms with Crippen LogP contribution in [0.15, 0.2) is 30.5 Å². The number of aliphatic carboxylic acids is 1. The molecule has 1 aliphatic heterocycles. The van der Waals surface area contributed by atoms with Crippen LogP contribution in [0.4, 0.5) is 0 Å². The molecule has 27 heavy (non-hydrogen) atoms. The van der Waals surface area contributed by atoms with E-state index < -0.39 is 12.6 Å². The summed E-state index contributed by atoms with van der Waals surface area (Å²) in [4.78, 5) is 34.2. The molecule has 2 heterocycles. The molecule has 7 heteroatoms. The standard InChI is InChI=1S/C20H23N3O4/c1-20(2,3)19-21-10-14-11-23(9-8-16(14)22-19)18(26)13-4-6-15(7-5-13)27-12-17(24)25/h4-7,10H,8-9,11-12H2,1-3H3,(H,24,25). The first-order valence-electron chi connectivity index (χ1n) is 8.83. The summed E-state index contributed by atoms with van der Waals surface area (Å²) in [6, 6.07) is 6.50. The molecule has 0 spiro atoms. The van der Waals surface area contributed by atoms with Gasteiger partial charge in [-0.25, -0.2) is 14.8 Å². The van der Waals surface area contributed by atoms with Gasteiger partial charge in [-0.2, -0.15) is 0 Å². The Morgan fingerprint density at radius 2 is 1.93 bits per heavy atom. The third kappa shape index (κ3) is 4.42. The second-order valence-corrected chi connectivity index (χ2v) is 7.60. The van der Waals surface area contributed by atoms with Gasteiger partial charge in [0.25, 0.3) is 5.91 Å². The Kier molecular flexibility index (Phi) is 5.12. The predicted molar refractivity (Wildman–Crippen MR) is 98.7 cm³/mol. The summed E-state index contributed by atoms with van der Waals surface area (Å²) >= 11 is 0. The van der Waals surface area contributed by atoms with Gasteiger partial charge in [0.15, 0.2) is 6.61 Å². The first kappa shape index (κ1) is 18.8. The third-order valence-corrected chi connectivity index (χ3v) is 4.36. The van der Waals surface area contributed by atoms with Crippen LogP contribution in [0.5, 0.6) is 5.75 Å². The van der Waals surface area contributed by atoms with E-state index in [2.05, 4.69) is 30.7 Å². The minimum Gasteiger partial charge on any atom is -0.482 e. The monoisotopic (exact) mass is 369 g/mol. The molecular formula is C20H23N3O4. The maximum Gasteiger partial charge on any atom is 0.341 e. The fraction of sp³-hybridized carbons (Fsp3) is 0.400. The summed E-state index contributed by atoms with van der Waals surface area (Å²) in [6.45, 7) is 6.91. The van der Waals surface area contributed by atoms with Gasteiger partial charge in [0, 0.05) is 42.2 Å². The molecule has 0 atom stereocenters. The molecule has 0 aliphatic carbocycles. The summed E-state index contributed by atoms with van der Waals surface area (Å²) in [5, 5.41) is 8.63. The number of benzene rings is 1. The van der Waals surface area contributed by atoms with Crippen molar-refractivity contribution in [1.82, 2.24) is 14.9 Å². The van der Waals surface area contributed by atoms with Crippen molar-refractivity contribution in [2.75, 3.05) is 13.2 Å². The van der Waals surface area contributed by atoms with Crippen LogP contribution < -0.4 is 4.74 Å². The van der Waals surface area contributed by atoms with Gasteiger partial charge in [-0.15, -0.1) is 0 Å². The lowest BCUT2D eigenvalue weighted by Crippen LogP contribution is -2.37. The smallest absolute Gasteiger partial charge is 0.341 e. The number of carbonyl (C=O) groups is 2. The maximum absolute atomic E-state index is 12.8. The lowest BCUT2D eigenvalue weighted by Gasteiger charge is -2.29. The lowest BCUT2D eigenvalue weighted by molar-refractivity contribution is -0.139. The van der Waals surface area contributed by atoms with E-state index in [0.29, 0.717) is 30.8 Å². The number of fused-ring (bicyclic) bond motifs is 1. The second kappa shape index (κ2) is 7.34. The molecule has 0 radical (unpaired) electrons. The van der Waals surface area contributed by atoms with Gasteiger partial charge in [-0.3, -0.25) is 4.79 Å². The Morgan fingerprint density at radius 3 is 2.56 bits per heavy atom. The van der Waals surface area contributed by atoms with Crippen LogP contribution in [0.25, 0.3) is 0 Å². The fourth-order valence-electron chi connectivity index (χ4n) is 2.87. The molecule has 2 aromatic rings. The van der Waals surface area contributed by atoms with Gasteiger partial charge in [-0.05, 0) is 24.3 Å². The van der Waals surface area contributed by atoms with E-state index >= 15 is 0 Å². The van der Waals surface area contributed by atoms with E-state index in [-0.39, 0.29) is 11.3 Å². The molecule has 0 saturated carbocycles. The van der Waals surface area contributed by atoms with Crippen LogP contribution in [-0.4, -0.2) is 45.0 Å². The summed E-state index contributed by atoms with van der Waals surface area (Å²) < 4.78 is 5.09. The van der Waals surface area contributed by atoms with Gasteiger partial charge < -0.3 is 14.7 Å². The highest BCUT2D eigenvalue weighted by Crippen LogP contribution is 2.23. The molecule has 1 aliphatic rings. The predicted octanol–water partition coefficient (Wildman–Crippen LogP) is 2.44. The van der Waals surface area contributed by atoms with Crippen LogP contribution >= 0.6 is 0 Å². The first-order valence-corrected chi connectivity index (χ1v) is 8.83. The number of carboxylic acid groups (broad SMARTS) is 1. The first-order chi connectivity index (χ1) is 12.7. The Bertz CT molecular complexity index is 857. The van der Waals surface area contributed by atoms with Crippen molar-refractivity contribution in [3.05, 3.63) is 53.1 Å². The van der Waals surface area contributed by atoms with Gasteiger partial charge in [-0.1, -0.05) is 20.8 Å². The zero-order chi connectivity index (χ0) is 19.6. The Morgan fingerprint density at radius 1 is 1.22 bits per heavy atom. The number of rotatable bonds is 4. The Hall–Kier alpha value is -2.96. The van der Waals surface area contributed by atoms with Crippen LogP contribution in [0, 0.1) is 0 Å². The van der Waals surface area contributed by atoms with Crippen molar-refractivity contribution in [1.29, 1.82) is 0 Å². The number of aromatic nitrogens is 2. The largest absolute Gasteiger partial charge is 0.482 e. The van der Waals surface area contributed by atoms with Gasteiger partial charge in [0.1, 0.15) is 11.6 Å². The number of ether oxygens (including phenoxy) is 1. The van der Waals surface area contributed by atoms with Crippen molar-refractivity contribution in [2.45, 2.75) is 39.2 Å². The molecule has 0 fully saturated rings. The molecule has 0 bridgehead atoms. The van der Waals surface area contributed by atoms with Gasteiger partial charge >= 0.3 is 5.97 Å². The highest BCUT2D eigenvalue weighted by atomic mass is 16.5. The summed E-state index contributed by atoms with van der Waals surface area (Å²) in [5.74, 6) is 0.114. The highest BCUT2D eigenvalue weighted by Gasteiger charge is 2.25. The van der Waals surface area contributed by atoms with E-state index in [4.69, 9.17) is 9.84 Å². The van der Waals surface area contributed by atoms with E-state index in [0.717, 1.165) is 17.1 Å². The molecular weight excluding hydrogens is 346 g/mol. The van der Waals surface area contributed by atoms with Gasteiger partial charge in [0.2, 0.25) is 0 Å². The SMILES string of the molecule is CC(C)(C)c1ncc2c(n1)CCN(C(=O)c1ccc(OCC(=O)O)cc1)C2. The maximum atomic E-state index is 12.8. The van der Waals surface area contributed by atoms with Crippen molar-refractivity contribution in [3.63, 3.8) is 0 Å². The molecule has 1 aromatic carbocycles. The topological polar surface area (TPSA) is 92.6 Å². The summed E-state index contributed by atoms with van der Waals surface area (Å²) in [6.07, 6.45) is 2.53.